The summed E-state index contributed by atoms with van der Waals surface area (Å²) in [7, 11) is 1.79. The number of hydrogen-bond donors (Lipinski definition) is 1. The van der Waals surface area contributed by atoms with Crippen molar-refractivity contribution in [1.29, 1.82) is 0 Å². The lowest BCUT2D eigenvalue weighted by atomic mass is 10.2. The number of hydrogen-bond acceptors (Lipinski definition) is 3. The smallest absolute Gasteiger partial charge is 0.225 e. The molecular weight excluding hydrogens is 323 g/mol. The van der Waals surface area contributed by atoms with E-state index in [0.717, 1.165) is 24.1 Å². The predicted octanol–water partition coefficient (Wildman–Crippen LogP) is 5.35. The molecule has 6 heteroatoms. The van der Waals surface area contributed by atoms with Gasteiger partial charge in [-0.2, -0.15) is 5.10 Å². The summed E-state index contributed by atoms with van der Waals surface area (Å²) in [6, 6.07) is 2.84. The molecule has 0 aliphatic carbocycles. The number of rotatable bonds is 5. The summed E-state index contributed by atoms with van der Waals surface area (Å²) in [6.07, 6.45) is 6.13. The first-order valence-corrected chi connectivity index (χ1v) is 7.75. The standard InChI is InChI=1S/C16H18Cl2N2O2/c1-4-5-6-7-11-10(2)19-20(3)16(11)22-15-9-14(21)12(17)8-13(15)18/h6-9,21H,4-5H2,1-3H3/b7-6+. The number of phenols is 1. The fourth-order valence-corrected chi connectivity index (χ4v) is 2.46. The molecular formula is C16H18Cl2N2O2. The van der Waals surface area contributed by atoms with Gasteiger partial charge in [-0.1, -0.05) is 48.7 Å². The van der Waals surface area contributed by atoms with Crippen molar-refractivity contribution < 1.29 is 9.84 Å². The number of benzene rings is 1. The van der Waals surface area contributed by atoms with Crippen molar-refractivity contribution in [2.45, 2.75) is 26.7 Å². The fourth-order valence-electron chi connectivity index (χ4n) is 2.03. The Morgan fingerprint density at radius 1 is 1.32 bits per heavy atom. The Kier molecular flexibility index (Phi) is 5.37. The Morgan fingerprint density at radius 2 is 2.05 bits per heavy atom. The minimum atomic E-state index is -0.0805. The molecule has 0 amide bonds. The van der Waals surface area contributed by atoms with Gasteiger partial charge in [-0.25, -0.2) is 4.68 Å². The van der Waals surface area contributed by atoms with Crippen LogP contribution in [0.5, 0.6) is 17.4 Å². The van der Waals surface area contributed by atoms with Crippen LogP contribution < -0.4 is 4.74 Å². The third-order valence-electron chi connectivity index (χ3n) is 3.16. The van der Waals surface area contributed by atoms with Crippen LogP contribution in [0.3, 0.4) is 0 Å². The third kappa shape index (κ3) is 3.57. The van der Waals surface area contributed by atoms with Crippen LogP contribution in [-0.2, 0) is 7.05 Å². The molecule has 1 aromatic heterocycles. The molecule has 0 atom stereocenters. The van der Waals surface area contributed by atoms with Gasteiger partial charge in [0.1, 0.15) is 5.75 Å². The Hall–Kier alpha value is -1.65. The Morgan fingerprint density at radius 3 is 2.73 bits per heavy atom. The van der Waals surface area contributed by atoms with E-state index in [-0.39, 0.29) is 10.8 Å². The summed E-state index contributed by atoms with van der Waals surface area (Å²) < 4.78 is 7.50. The van der Waals surface area contributed by atoms with Crippen LogP contribution in [0.25, 0.3) is 6.08 Å². The number of unbranched alkanes of at least 4 members (excludes halogenated alkanes) is 1. The van der Waals surface area contributed by atoms with E-state index >= 15 is 0 Å². The van der Waals surface area contributed by atoms with E-state index < -0.39 is 0 Å². The molecule has 0 aliphatic heterocycles. The zero-order valence-electron chi connectivity index (χ0n) is 12.7. The van der Waals surface area contributed by atoms with Gasteiger partial charge in [0.25, 0.3) is 0 Å². The summed E-state index contributed by atoms with van der Waals surface area (Å²) in [5.41, 5.74) is 1.75. The summed E-state index contributed by atoms with van der Waals surface area (Å²) in [5.74, 6) is 0.813. The number of nitrogens with zero attached hydrogens (tertiary/aromatic N) is 2. The van der Waals surface area contributed by atoms with E-state index in [0.29, 0.717) is 16.7 Å². The van der Waals surface area contributed by atoms with E-state index in [2.05, 4.69) is 18.1 Å². The maximum absolute atomic E-state index is 9.71. The highest BCUT2D eigenvalue weighted by molar-refractivity contribution is 6.36. The molecule has 22 heavy (non-hydrogen) atoms. The Balaban J connectivity index is 2.39. The Labute approximate surface area is 139 Å². The van der Waals surface area contributed by atoms with Gasteiger partial charge < -0.3 is 9.84 Å². The lowest BCUT2D eigenvalue weighted by molar-refractivity contribution is 0.422. The van der Waals surface area contributed by atoms with Crippen LogP contribution in [0.1, 0.15) is 31.0 Å². The maximum Gasteiger partial charge on any atom is 0.225 e. The van der Waals surface area contributed by atoms with Crippen molar-refractivity contribution in [2.24, 2.45) is 7.05 Å². The number of aromatic hydroxyl groups is 1. The van der Waals surface area contributed by atoms with Crippen LogP contribution in [0.4, 0.5) is 0 Å². The van der Waals surface area contributed by atoms with Crippen LogP contribution >= 0.6 is 23.2 Å². The molecule has 0 bridgehead atoms. The van der Waals surface area contributed by atoms with Crippen molar-refractivity contribution in [2.75, 3.05) is 0 Å². The van der Waals surface area contributed by atoms with E-state index in [1.807, 2.05) is 13.0 Å². The zero-order valence-corrected chi connectivity index (χ0v) is 14.2. The van der Waals surface area contributed by atoms with E-state index in [1.165, 1.54) is 12.1 Å². The molecule has 0 saturated heterocycles. The second kappa shape index (κ2) is 7.07. The number of aryl methyl sites for hydroxylation is 2. The van der Waals surface area contributed by atoms with Gasteiger partial charge in [0.2, 0.25) is 5.88 Å². The van der Waals surface area contributed by atoms with Gasteiger partial charge in [-0.15, -0.1) is 0 Å². The summed E-state index contributed by atoms with van der Waals surface area (Å²) in [4.78, 5) is 0. The molecule has 0 fully saturated rings. The lowest BCUT2D eigenvalue weighted by Gasteiger charge is -2.10. The summed E-state index contributed by atoms with van der Waals surface area (Å²) >= 11 is 11.9. The minimum Gasteiger partial charge on any atom is -0.506 e. The first kappa shape index (κ1) is 16.7. The highest BCUT2D eigenvalue weighted by Crippen LogP contribution is 2.38. The van der Waals surface area contributed by atoms with Gasteiger partial charge in [0.05, 0.1) is 21.3 Å². The molecule has 1 N–H and O–H groups in total. The minimum absolute atomic E-state index is 0.0805. The van der Waals surface area contributed by atoms with Gasteiger partial charge in [0.15, 0.2) is 5.75 Å². The molecule has 0 radical (unpaired) electrons. The van der Waals surface area contributed by atoms with Gasteiger partial charge in [-0.3, -0.25) is 0 Å². The summed E-state index contributed by atoms with van der Waals surface area (Å²) in [5, 5.41) is 14.6. The second-order valence-corrected chi connectivity index (χ2v) is 5.77. The first-order chi connectivity index (χ1) is 10.4. The molecule has 0 aliphatic rings. The van der Waals surface area contributed by atoms with Crippen molar-refractivity contribution in [1.82, 2.24) is 9.78 Å². The molecule has 1 heterocycles. The number of phenolic OH excluding ortho intramolecular Hbond substituents is 1. The third-order valence-corrected chi connectivity index (χ3v) is 3.76. The van der Waals surface area contributed by atoms with Crippen LogP contribution in [0.2, 0.25) is 10.0 Å². The average Bonchev–Trinajstić information content (AvgIpc) is 2.71. The van der Waals surface area contributed by atoms with E-state index in [1.54, 1.807) is 11.7 Å². The highest BCUT2D eigenvalue weighted by Gasteiger charge is 2.16. The van der Waals surface area contributed by atoms with E-state index in [4.69, 9.17) is 27.9 Å². The molecule has 0 saturated carbocycles. The average molecular weight is 341 g/mol. The van der Waals surface area contributed by atoms with Gasteiger partial charge >= 0.3 is 0 Å². The second-order valence-electron chi connectivity index (χ2n) is 4.95. The molecule has 1 aromatic carbocycles. The normalized spacial score (nSPS) is 11.3. The molecule has 2 rings (SSSR count). The number of ether oxygens (including phenoxy) is 1. The highest BCUT2D eigenvalue weighted by atomic mass is 35.5. The van der Waals surface area contributed by atoms with Gasteiger partial charge in [-0.05, 0) is 19.4 Å². The monoisotopic (exact) mass is 340 g/mol. The molecule has 118 valence electrons. The Bertz CT molecular complexity index is 709. The fraction of sp³-hybridized carbons (Fsp3) is 0.312. The van der Waals surface area contributed by atoms with E-state index in [9.17, 15) is 5.11 Å². The maximum atomic E-state index is 9.71. The van der Waals surface area contributed by atoms with Gasteiger partial charge in [0, 0.05) is 13.1 Å². The number of aromatic nitrogens is 2. The van der Waals surface area contributed by atoms with Crippen LogP contribution in [0.15, 0.2) is 18.2 Å². The SMILES string of the molecule is CCC/C=C/c1c(C)nn(C)c1Oc1cc(O)c(Cl)cc1Cl. The van der Waals surface area contributed by atoms with Crippen molar-refractivity contribution in [3.05, 3.63) is 39.5 Å². The molecule has 4 nitrogen and oxygen atoms in total. The number of allylic oxidation sites excluding steroid dienone is 1. The number of halogens is 2. The zero-order chi connectivity index (χ0) is 16.3. The summed E-state index contributed by atoms with van der Waals surface area (Å²) in [6.45, 7) is 4.04. The van der Waals surface area contributed by atoms with Crippen molar-refractivity contribution in [3.8, 4) is 17.4 Å². The largest absolute Gasteiger partial charge is 0.506 e. The first-order valence-electron chi connectivity index (χ1n) is 7.00. The molecule has 0 spiro atoms. The lowest BCUT2D eigenvalue weighted by Crippen LogP contribution is -1.96. The quantitative estimate of drug-likeness (QED) is 0.798. The topological polar surface area (TPSA) is 47.3 Å². The molecule has 2 aromatic rings. The molecule has 0 unspecified atom stereocenters. The van der Waals surface area contributed by atoms with Crippen LogP contribution in [0, 0.1) is 6.92 Å². The van der Waals surface area contributed by atoms with Crippen LogP contribution in [-0.4, -0.2) is 14.9 Å². The van der Waals surface area contributed by atoms with Crippen molar-refractivity contribution in [3.63, 3.8) is 0 Å². The predicted molar refractivity (Wildman–Crippen MR) is 90.1 cm³/mol. The van der Waals surface area contributed by atoms with Crippen molar-refractivity contribution >= 4 is 29.3 Å².